The molecule has 0 N–H and O–H groups in total. The molecule has 5 aliphatic rings. The quantitative estimate of drug-likeness (QED) is 0.312. The number of ether oxygens (including phenoxy) is 2. The Morgan fingerprint density at radius 1 is 0.917 bits per heavy atom. The number of hydrogen-bond donors (Lipinski definition) is 0. The zero-order valence-electron chi connectivity index (χ0n) is 29.4. The van der Waals surface area contributed by atoms with Gasteiger partial charge in [-0.15, -0.1) is 0 Å². The number of fused-ring (bicyclic) bond motifs is 1. The smallest absolute Gasteiger partial charge is 0.231 e. The van der Waals surface area contributed by atoms with Gasteiger partial charge in [0.15, 0.2) is 11.5 Å². The van der Waals surface area contributed by atoms with Gasteiger partial charge in [0.25, 0.3) is 0 Å². The van der Waals surface area contributed by atoms with Crippen molar-refractivity contribution in [3.63, 3.8) is 0 Å². The largest absolute Gasteiger partial charge is 0.454 e. The lowest BCUT2D eigenvalue weighted by Gasteiger charge is -2.43. The molecule has 48 heavy (non-hydrogen) atoms. The second-order valence-corrected chi connectivity index (χ2v) is 14.3. The fraction of sp³-hybridized carbons (Fsp3) is 0.442. The standard InChI is InChI=1S/C43H51FN2O2/c1-6-30-11-8-10-28(3)37-13-9-12-34(32-14-17-36(44)18-15-32)24-38(37)43(30)46-22-20-33(21-23-46)39-25-31(7-2)29(4)42(45(39)5)35-16-19-40-41(26-35)48-27-47-40/h8,11,14-19,24-26,28,31,33H,6-7,9-10,12-13,20-23,27H2,1-5H3. The van der Waals surface area contributed by atoms with Crippen molar-refractivity contribution in [2.45, 2.75) is 79.1 Å². The average Bonchev–Trinajstić information content (AvgIpc) is 3.46. The maximum atomic E-state index is 13.9. The van der Waals surface area contributed by atoms with Gasteiger partial charge in [0, 0.05) is 54.6 Å². The molecule has 0 radical (unpaired) electrons. The normalized spacial score (nSPS) is 23.5. The minimum Gasteiger partial charge on any atom is -0.454 e. The van der Waals surface area contributed by atoms with Crippen LogP contribution in [0.4, 0.5) is 4.39 Å². The van der Waals surface area contributed by atoms with Crippen molar-refractivity contribution in [3.05, 3.63) is 117 Å². The molecule has 0 aromatic heterocycles. The van der Waals surface area contributed by atoms with Crippen molar-refractivity contribution in [3.8, 4) is 11.5 Å². The first-order valence-electron chi connectivity index (χ1n) is 18.3. The summed E-state index contributed by atoms with van der Waals surface area (Å²) in [6.07, 6.45) is 18.6. The first-order valence-corrected chi connectivity index (χ1v) is 18.3. The Balaban J connectivity index is 1.19. The Labute approximate surface area is 287 Å². The van der Waals surface area contributed by atoms with Gasteiger partial charge in [0.2, 0.25) is 6.79 Å². The predicted octanol–water partition coefficient (Wildman–Crippen LogP) is 10.7. The molecule has 2 aromatic rings. The molecular weight excluding hydrogens is 595 g/mol. The van der Waals surface area contributed by atoms with Gasteiger partial charge in [-0.05, 0) is 128 Å². The van der Waals surface area contributed by atoms with Crippen LogP contribution in [-0.2, 0) is 0 Å². The highest BCUT2D eigenvalue weighted by Gasteiger charge is 2.34. The molecule has 1 fully saturated rings. The summed E-state index contributed by atoms with van der Waals surface area (Å²) in [7, 11) is 2.26. The minimum absolute atomic E-state index is 0.174. The second kappa shape index (κ2) is 13.9. The molecule has 2 aliphatic carbocycles. The Kier molecular flexibility index (Phi) is 9.40. The molecular formula is C43H51FN2O2. The third-order valence-electron chi connectivity index (χ3n) is 11.5. The number of allylic oxidation sites excluding steroid dienone is 9. The minimum atomic E-state index is -0.174. The first kappa shape index (κ1) is 32.6. The van der Waals surface area contributed by atoms with Crippen LogP contribution in [0, 0.1) is 23.6 Å². The molecule has 4 nitrogen and oxygen atoms in total. The maximum absolute atomic E-state index is 13.9. The van der Waals surface area contributed by atoms with E-state index in [0.29, 0.717) is 24.5 Å². The van der Waals surface area contributed by atoms with Gasteiger partial charge in [-0.1, -0.05) is 56.7 Å². The molecule has 0 spiro atoms. The fourth-order valence-corrected chi connectivity index (χ4v) is 8.74. The molecule has 1 saturated heterocycles. The van der Waals surface area contributed by atoms with E-state index >= 15 is 0 Å². The van der Waals surface area contributed by atoms with Crippen LogP contribution in [0.1, 0.15) is 90.2 Å². The summed E-state index contributed by atoms with van der Waals surface area (Å²) < 4.78 is 25.3. The summed E-state index contributed by atoms with van der Waals surface area (Å²) in [6, 6.07) is 13.5. The maximum Gasteiger partial charge on any atom is 0.231 e. The molecule has 0 saturated carbocycles. The molecule has 2 aromatic carbocycles. The molecule has 252 valence electrons. The average molecular weight is 647 g/mol. The van der Waals surface area contributed by atoms with Gasteiger partial charge in [0.1, 0.15) is 5.82 Å². The number of halogens is 1. The molecule has 0 bridgehead atoms. The molecule has 0 amide bonds. The number of benzene rings is 2. The fourth-order valence-electron chi connectivity index (χ4n) is 8.74. The molecule has 7 rings (SSSR count). The van der Waals surface area contributed by atoms with E-state index in [0.717, 1.165) is 81.5 Å². The molecule has 3 heterocycles. The molecule has 3 aliphatic heterocycles. The second-order valence-electron chi connectivity index (χ2n) is 14.3. The number of piperidine rings is 1. The summed E-state index contributed by atoms with van der Waals surface area (Å²) in [5.74, 6) is 2.92. The Morgan fingerprint density at radius 2 is 1.67 bits per heavy atom. The predicted molar refractivity (Wildman–Crippen MR) is 195 cm³/mol. The van der Waals surface area contributed by atoms with E-state index in [4.69, 9.17) is 9.47 Å². The van der Waals surface area contributed by atoms with Crippen LogP contribution in [0.15, 0.2) is 100 Å². The summed E-state index contributed by atoms with van der Waals surface area (Å²) in [5.41, 5.74) is 13.8. The Hall–Kier alpha value is -3.99. The highest BCUT2D eigenvalue weighted by Crippen LogP contribution is 2.45. The van der Waals surface area contributed by atoms with Crippen molar-refractivity contribution < 1.29 is 13.9 Å². The van der Waals surface area contributed by atoms with Crippen molar-refractivity contribution in [2.24, 2.45) is 17.8 Å². The lowest BCUT2D eigenvalue weighted by molar-refractivity contribution is 0.174. The SMILES string of the molecule is CCC1=C(N2CCC(C3=CC(CC)C(C)=C(c4ccc5c(c4)OCO5)N3C)CC2)C2=C(CCCC(c3ccc(F)cc3)=C2)C(C)CC=C1. The van der Waals surface area contributed by atoms with E-state index in [1.807, 2.05) is 12.1 Å². The van der Waals surface area contributed by atoms with E-state index in [2.05, 4.69) is 87.0 Å². The molecule has 2 atom stereocenters. The van der Waals surface area contributed by atoms with Gasteiger partial charge in [0.05, 0.1) is 0 Å². The van der Waals surface area contributed by atoms with Gasteiger partial charge in [-0.2, -0.15) is 0 Å². The first-order chi connectivity index (χ1) is 23.4. The summed E-state index contributed by atoms with van der Waals surface area (Å²) in [5, 5.41) is 0. The van der Waals surface area contributed by atoms with Crippen LogP contribution in [-0.4, -0.2) is 36.7 Å². The van der Waals surface area contributed by atoms with Gasteiger partial charge >= 0.3 is 0 Å². The lowest BCUT2D eigenvalue weighted by atomic mass is 9.82. The zero-order valence-corrected chi connectivity index (χ0v) is 29.4. The van der Waals surface area contributed by atoms with E-state index in [1.165, 1.54) is 44.9 Å². The van der Waals surface area contributed by atoms with Crippen molar-refractivity contribution >= 4 is 11.3 Å². The summed E-state index contributed by atoms with van der Waals surface area (Å²) in [6.45, 7) is 11.7. The van der Waals surface area contributed by atoms with Crippen molar-refractivity contribution in [1.29, 1.82) is 0 Å². The van der Waals surface area contributed by atoms with E-state index < -0.39 is 0 Å². The number of hydrogen-bond acceptors (Lipinski definition) is 4. The number of rotatable bonds is 6. The van der Waals surface area contributed by atoms with Gasteiger partial charge in [-0.3, -0.25) is 0 Å². The molecule has 2 unspecified atom stereocenters. The lowest BCUT2D eigenvalue weighted by Crippen LogP contribution is -2.38. The van der Waals surface area contributed by atoms with Crippen LogP contribution in [0.3, 0.4) is 0 Å². The Morgan fingerprint density at radius 3 is 2.42 bits per heavy atom. The van der Waals surface area contributed by atoms with Crippen LogP contribution in [0.2, 0.25) is 0 Å². The highest BCUT2D eigenvalue weighted by atomic mass is 19.1. The van der Waals surface area contributed by atoms with Crippen LogP contribution >= 0.6 is 0 Å². The van der Waals surface area contributed by atoms with Crippen molar-refractivity contribution in [1.82, 2.24) is 9.80 Å². The topological polar surface area (TPSA) is 24.9 Å². The van der Waals surface area contributed by atoms with E-state index in [9.17, 15) is 4.39 Å². The third-order valence-corrected chi connectivity index (χ3v) is 11.5. The number of likely N-dealkylation sites (tertiary alicyclic amines) is 1. The van der Waals surface area contributed by atoms with E-state index in [1.54, 1.807) is 17.7 Å². The Bertz CT molecular complexity index is 1730. The number of nitrogens with zero attached hydrogens (tertiary/aromatic N) is 2. The van der Waals surface area contributed by atoms with E-state index in [-0.39, 0.29) is 5.82 Å². The zero-order chi connectivity index (χ0) is 33.4. The van der Waals surface area contributed by atoms with Crippen molar-refractivity contribution in [2.75, 3.05) is 26.9 Å². The van der Waals surface area contributed by atoms with Crippen LogP contribution in [0.25, 0.3) is 11.3 Å². The molecule has 5 heteroatoms. The highest BCUT2D eigenvalue weighted by molar-refractivity contribution is 5.73. The van der Waals surface area contributed by atoms with Gasteiger partial charge in [-0.25, -0.2) is 4.39 Å². The van der Waals surface area contributed by atoms with Gasteiger partial charge < -0.3 is 19.3 Å². The summed E-state index contributed by atoms with van der Waals surface area (Å²) in [4.78, 5) is 5.18. The van der Waals surface area contributed by atoms with Crippen LogP contribution in [0.5, 0.6) is 11.5 Å². The summed E-state index contributed by atoms with van der Waals surface area (Å²) >= 11 is 0. The third kappa shape index (κ3) is 6.17. The monoisotopic (exact) mass is 646 g/mol. The van der Waals surface area contributed by atoms with Crippen LogP contribution < -0.4 is 9.47 Å².